The minimum atomic E-state index is -5.12. The molecule has 0 bridgehead atoms. The number of aliphatic imine (C=N–C) groups is 1. The molecule has 1 saturated heterocycles. The van der Waals surface area contributed by atoms with Gasteiger partial charge in [0.25, 0.3) is 5.90 Å². The van der Waals surface area contributed by atoms with Gasteiger partial charge in [-0.25, -0.2) is 4.99 Å². The van der Waals surface area contributed by atoms with Crippen molar-refractivity contribution in [3.8, 4) is 0 Å². The predicted molar refractivity (Wildman–Crippen MR) is 110 cm³/mol. The third-order valence-corrected chi connectivity index (χ3v) is 4.31. The maximum absolute atomic E-state index is 13.7. The molecule has 1 aromatic carbocycles. The van der Waals surface area contributed by atoms with Gasteiger partial charge in [-0.05, 0) is 17.7 Å². The van der Waals surface area contributed by atoms with Gasteiger partial charge in [-0.2, -0.15) is 13.2 Å². The van der Waals surface area contributed by atoms with E-state index >= 15 is 0 Å². The number of carbonyl (C=O) groups is 3. The van der Waals surface area contributed by atoms with E-state index in [1.807, 2.05) is 0 Å². The number of esters is 3. The first-order valence-electron chi connectivity index (χ1n) is 9.97. The molecule has 35 heavy (non-hydrogen) atoms. The van der Waals surface area contributed by atoms with Crippen LogP contribution in [0.2, 0.25) is 0 Å². The Morgan fingerprint density at radius 3 is 2.11 bits per heavy atom. The van der Waals surface area contributed by atoms with E-state index in [1.165, 1.54) is 24.3 Å². The van der Waals surface area contributed by atoms with Crippen LogP contribution in [0, 0.1) is 0 Å². The zero-order valence-electron chi connectivity index (χ0n) is 18.7. The molecule has 1 aromatic rings. The lowest BCUT2D eigenvalue weighted by Crippen LogP contribution is -2.61. The molecule has 190 valence electrons. The number of ether oxygens (including phenoxy) is 5. The molecule has 0 N–H and O–H groups in total. The third kappa shape index (κ3) is 8.15. The Morgan fingerprint density at radius 1 is 1.00 bits per heavy atom. The Balaban J connectivity index is 2.54. The van der Waals surface area contributed by atoms with Crippen LogP contribution in [0.25, 0.3) is 10.4 Å². The summed E-state index contributed by atoms with van der Waals surface area (Å²) in [6.07, 6.45) is -11.8. The molecule has 1 heterocycles. The average Bonchev–Trinajstić information content (AvgIpc) is 2.75. The van der Waals surface area contributed by atoms with Crippen LogP contribution in [0.5, 0.6) is 0 Å². The quantitative estimate of drug-likeness (QED) is 0.105. The summed E-state index contributed by atoms with van der Waals surface area (Å²) in [6.45, 7) is 2.42. The van der Waals surface area contributed by atoms with Crippen LogP contribution < -0.4 is 0 Å². The van der Waals surface area contributed by atoms with Crippen molar-refractivity contribution in [3.63, 3.8) is 0 Å². The molecule has 0 amide bonds. The van der Waals surface area contributed by atoms with Crippen LogP contribution in [-0.4, -0.2) is 67.2 Å². The minimum absolute atomic E-state index is 0.109. The summed E-state index contributed by atoms with van der Waals surface area (Å²) in [5, 5.41) is 3.36. The molecule has 12 nitrogen and oxygen atoms in total. The summed E-state index contributed by atoms with van der Waals surface area (Å²) in [7, 11) is 0. The van der Waals surface area contributed by atoms with Crippen molar-refractivity contribution in [3.05, 3.63) is 40.8 Å². The van der Waals surface area contributed by atoms with Crippen LogP contribution in [-0.2, 0) is 38.1 Å². The number of rotatable bonds is 7. The summed E-state index contributed by atoms with van der Waals surface area (Å²) in [4.78, 5) is 40.7. The summed E-state index contributed by atoms with van der Waals surface area (Å²) in [5.41, 5.74) is 8.90. The van der Waals surface area contributed by atoms with Gasteiger partial charge in [0, 0.05) is 25.7 Å². The fourth-order valence-corrected chi connectivity index (χ4v) is 3.05. The SMILES string of the molecule is CC(=O)OC[C@H]1OC(OC(=Nc2ccccc2)C(F)(F)F)[C@H](N=[N+]=[N-])[C@@H](OC(C)=O)[C@@H]1OC(C)=O. The third-order valence-electron chi connectivity index (χ3n) is 4.31. The van der Waals surface area contributed by atoms with Gasteiger partial charge < -0.3 is 23.7 Å². The van der Waals surface area contributed by atoms with Crippen LogP contribution in [0.15, 0.2) is 40.4 Å². The summed E-state index contributed by atoms with van der Waals surface area (Å²) >= 11 is 0. The monoisotopic (exact) mass is 502 g/mol. The number of alkyl halides is 3. The first-order valence-corrected chi connectivity index (χ1v) is 9.97. The normalized spacial score (nSPS) is 24.5. The number of nitrogens with zero attached hydrogens (tertiary/aromatic N) is 4. The van der Waals surface area contributed by atoms with Gasteiger partial charge in [0.2, 0.25) is 6.29 Å². The first kappa shape index (κ1) is 27.4. The highest BCUT2D eigenvalue weighted by molar-refractivity contribution is 5.84. The fraction of sp³-hybridized carbons (Fsp3) is 0.500. The lowest BCUT2D eigenvalue weighted by molar-refractivity contribution is -0.260. The smallest absolute Gasteiger partial charge is 0.463 e. The highest BCUT2D eigenvalue weighted by atomic mass is 19.4. The highest BCUT2D eigenvalue weighted by Gasteiger charge is 2.53. The molecule has 2 rings (SSSR count). The first-order chi connectivity index (χ1) is 16.4. The summed E-state index contributed by atoms with van der Waals surface area (Å²) in [5.74, 6) is -4.36. The molecule has 15 heteroatoms. The summed E-state index contributed by atoms with van der Waals surface area (Å²) < 4.78 is 66.8. The van der Waals surface area contributed by atoms with Gasteiger partial charge in [0.05, 0.1) is 5.69 Å². The Hall–Kier alpha value is -3.84. The molecule has 1 unspecified atom stereocenters. The number of hydrogen-bond donors (Lipinski definition) is 0. The molecular weight excluding hydrogens is 481 g/mol. The molecule has 1 fully saturated rings. The molecule has 0 spiro atoms. The predicted octanol–water partition coefficient (Wildman–Crippen LogP) is 3.13. The van der Waals surface area contributed by atoms with Crippen LogP contribution in [0.1, 0.15) is 20.8 Å². The second kappa shape index (κ2) is 12.0. The van der Waals surface area contributed by atoms with Crippen molar-refractivity contribution in [2.24, 2.45) is 10.1 Å². The van der Waals surface area contributed by atoms with E-state index in [2.05, 4.69) is 15.0 Å². The van der Waals surface area contributed by atoms with Crippen LogP contribution >= 0.6 is 0 Å². The largest absolute Gasteiger partial charge is 0.468 e. The Bertz CT molecular complexity index is 998. The van der Waals surface area contributed by atoms with Gasteiger partial charge in [0.15, 0.2) is 12.2 Å². The zero-order chi connectivity index (χ0) is 26.2. The average molecular weight is 502 g/mol. The highest BCUT2D eigenvalue weighted by Crippen LogP contribution is 2.32. The fourth-order valence-electron chi connectivity index (χ4n) is 3.05. The van der Waals surface area contributed by atoms with Crippen molar-refractivity contribution >= 4 is 29.5 Å². The lowest BCUT2D eigenvalue weighted by Gasteiger charge is -2.43. The molecule has 1 aliphatic rings. The second-order valence-corrected chi connectivity index (χ2v) is 7.06. The van der Waals surface area contributed by atoms with Gasteiger partial charge >= 0.3 is 24.1 Å². The second-order valence-electron chi connectivity index (χ2n) is 7.06. The molecule has 5 atom stereocenters. The van der Waals surface area contributed by atoms with E-state index in [0.717, 1.165) is 20.8 Å². The van der Waals surface area contributed by atoms with E-state index in [-0.39, 0.29) is 5.69 Å². The van der Waals surface area contributed by atoms with Crippen LogP contribution in [0.3, 0.4) is 0 Å². The van der Waals surface area contributed by atoms with E-state index in [9.17, 15) is 27.6 Å². The van der Waals surface area contributed by atoms with Crippen molar-refractivity contribution in [2.75, 3.05) is 6.61 Å². The Morgan fingerprint density at radius 2 is 1.60 bits per heavy atom. The molecule has 0 aliphatic carbocycles. The van der Waals surface area contributed by atoms with Crippen LogP contribution in [0.4, 0.5) is 18.9 Å². The van der Waals surface area contributed by atoms with E-state index < -0.39 is 67.2 Å². The van der Waals surface area contributed by atoms with Gasteiger partial charge in [0.1, 0.15) is 18.8 Å². The minimum Gasteiger partial charge on any atom is -0.463 e. The maximum Gasteiger partial charge on any atom is 0.468 e. The number of halogens is 3. The number of para-hydroxylation sites is 1. The van der Waals surface area contributed by atoms with Crippen molar-refractivity contribution in [2.45, 2.75) is 57.6 Å². The van der Waals surface area contributed by atoms with E-state index in [1.54, 1.807) is 6.07 Å². The molecule has 1 aliphatic heterocycles. The number of hydrogen-bond acceptors (Lipinski definition) is 10. The Kier molecular flexibility index (Phi) is 9.42. The zero-order valence-corrected chi connectivity index (χ0v) is 18.7. The molecule has 0 aromatic heterocycles. The van der Waals surface area contributed by atoms with Crippen molar-refractivity contribution in [1.82, 2.24) is 0 Å². The molecule has 0 radical (unpaired) electrons. The van der Waals surface area contributed by atoms with Gasteiger partial charge in [-0.1, -0.05) is 23.3 Å². The van der Waals surface area contributed by atoms with Crippen molar-refractivity contribution in [1.29, 1.82) is 0 Å². The Labute approximate surface area is 196 Å². The topological polar surface area (TPSA) is 158 Å². The van der Waals surface area contributed by atoms with E-state index in [4.69, 9.17) is 29.2 Å². The summed E-state index contributed by atoms with van der Waals surface area (Å²) in [6, 6.07) is 5.26. The maximum atomic E-state index is 13.7. The number of benzene rings is 1. The molecule has 0 saturated carbocycles. The van der Waals surface area contributed by atoms with Gasteiger partial charge in [-0.15, -0.1) is 0 Å². The van der Waals surface area contributed by atoms with Gasteiger partial charge in [-0.3, -0.25) is 14.4 Å². The standard InChI is InChI=1S/C20H21F3N4O8/c1-10(28)31-9-14-16(32-11(2)29)17(33-12(3)30)15(26-27-24)18(34-14)35-19(20(21,22)23)25-13-7-5-4-6-8-13/h4-8,14-18H,9H2,1-3H3/t14-,15-,16-,17-,18?/m1/s1. The number of carbonyl (C=O) groups excluding carboxylic acids is 3. The lowest BCUT2D eigenvalue weighted by atomic mass is 9.97. The molecular formula is C20H21F3N4O8. The number of azide groups is 1. The van der Waals surface area contributed by atoms with Crippen molar-refractivity contribution < 1.29 is 51.2 Å². The van der Waals surface area contributed by atoms with E-state index in [0.29, 0.717) is 0 Å².